The minimum atomic E-state index is -0.575. The molecule has 1 heterocycles. The van der Waals surface area contributed by atoms with Crippen LogP contribution < -0.4 is 5.32 Å². The Bertz CT molecular complexity index is 424. The van der Waals surface area contributed by atoms with E-state index in [2.05, 4.69) is 31.1 Å². The van der Waals surface area contributed by atoms with E-state index in [1.807, 2.05) is 0 Å². The molecule has 100 valence electrons. The number of hydrogen-bond donors (Lipinski definition) is 2. The predicted octanol–water partition coefficient (Wildman–Crippen LogP) is 2.67. The number of nitrogens with one attached hydrogen (secondary N) is 1. The van der Waals surface area contributed by atoms with Crippen LogP contribution in [0.5, 0.6) is 5.75 Å². The van der Waals surface area contributed by atoms with Gasteiger partial charge in [-0.1, -0.05) is 6.92 Å². The quantitative estimate of drug-likeness (QED) is 0.794. The number of anilines is 1. The highest BCUT2D eigenvalue weighted by atomic mass is 19.1. The predicted molar refractivity (Wildman–Crippen MR) is 71.3 cm³/mol. The van der Waals surface area contributed by atoms with E-state index in [-0.39, 0.29) is 5.75 Å². The standard InChI is InChI=1S/C14H21FN2O/c1-9-8-17(3)10(2)6-13(9)16-11-4-5-14(18)12(15)7-11/h4-5,7,9-10,13,16,18H,6,8H2,1-3H3. The highest BCUT2D eigenvalue weighted by Crippen LogP contribution is 2.26. The van der Waals surface area contributed by atoms with Gasteiger partial charge in [-0.25, -0.2) is 4.39 Å². The first-order valence-electron chi connectivity index (χ1n) is 6.42. The van der Waals surface area contributed by atoms with Crippen molar-refractivity contribution in [3.8, 4) is 5.75 Å². The van der Waals surface area contributed by atoms with Crippen LogP contribution in [0.1, 0.15) is 20.3 Å². The molecule has 1 aromatic carbocycles. The molecule has 0 bridgehead atoms. The molecule has 0 saturated carbocycles. The number of piperidine rings is 1. The molecule has 3 nitrogen and oxygen atoms in total. The van der Waals surface area contributed by atoms with Crippen molar-refractivity contribution in [3.63, 3.8) is 0 Å². The van der Waals surface area contributed by atoms with Gasteiger partial charge in [0.2, 0.25) is 0 Å². The molecular formula is C14H21FN2O. The Morgan fingerprint density at radius 3 is 2.78 bits per heavy atom. The Morgan fingerprint density at radius 1 is 1.39 bits per heavy atom. The van der Waals surface area contributed by atoms with Crippen molar-refractivity contribution in [2.75, 3.05) is 18.9 Å². The summed E-state index contributed by atoms with van der Waals surface area (Å²) in [6.07, 6.45) is 1.04. The summed E-state index contributed by atoms with van der Waals surface area (Å²) in [6.45, 7) is 5.45. The van der Waals surface area contributed by atoms with Gasteiger partial charge in [0.25, 0.3) is 0 Å². The van der Waals surface area contributed by atoms with Crippen molar-refractivity contribution in [2.24, 2.45) is 5.92 Å². The lowest BCUT2D eigenvalue weighted by Gasteiger charge is -2.40. The Morgan fingerprint density at radius 2 is 2.11 bits per heavy atom. The van der Waals surface area contributed by atoms with Crippen LogP contribution in [0.2, 0.25) is 0 Å². The lowest BCUT2D eigenvalue weighted by Crippen LogP contribution is -2.48. The molecule has 0 aliphatic carbocycles. The lowest BCUT2D eigenvalue weighted by molar-refractivity contribution is 0.145. The topological polar surface area (TPSA) is 35.5 Å². The zero-order chi connectivity index (χ0) is 13.3. The smallest absolute Gasteiger partial charge is 0.166 e. The highest BCUT2D eigenvalue weighted by Gasteiger charge is 2.28. The first kappa shape index (κ1) is 13.1. The fraction of sp³-hybridized carbons (Fsp3) is 0.571. The van der Waals surface area contributed by atoms with E-state index in [4.69, 9.17) is 5.11 Å². The largest absolute Gasteiger partial charge is 0.505 e. The number of benzene rings is 1. The molecular weight excluding hydrogens is 231 g/mol. The Kier molecular flexibility index (Phi) is 3.76. The maximum absolute atomic E-state index is 13.3. The summed E-state index contributed by atoms with van der Waals surface area (Å²) in [7, 11) is 2.14. The van der Waals surface area contributed by atoms with Gasteiger partial charge in [-0.3, -0.25) is 0 Å². The van der Waals surface area contributed by atoms with Gasteiger partial charge in [-0.15, -0.1) is 0 Å². The minimum absolute atomic E-state index is 0.301. The van der Waals surface area contributed by atoms with E-state index >= 15 is 0 Å². The first-order valence-corrected chi connectivity index (χ1v) is 6.42. The second kappa shape index (κ2) is 5.14. The highest BCUT2D eigenvalue weighted by molar-refractivity contribution is 5.47. The Balaban J connectivity index is 2.06. The zero-order valence-corrected chi connectivity index (χ0v) is 11.2. The molecule has 18 heavy (non-hydrogen) atoms. The second-order valence-electron chi connectivity index (χ2n) is 5.42. The van der Waals surface area contributed by atoms with Crippen LogP contribution in [0.3, 0.4) is 0 Å². The number of nitrogens with zero attached hydrogens (tertiary/aromatic N) is 1. The van der Waals surface area contributed by atoms with Crippen molar-refractivity contribution in [1.29, 1.82) is 0 Å². The third kappa shape index (κ3) is 2.75. The Labute approximate surface area is 108 Å². The summed E-state index contributed by atoms with van der Waals surface area (Å²) in [6, 6.07) is 5.33. The van der Waals surface area contributed by atoms with Gasteiger partial charge in [0.1, 0.15) is 0 Å². The molecule has 0 amide bonds. The molecule has 1 saturated heterocycles. The maximum Gasteiger partial charge on any atom is 0.166 e. The van der Waals surface area contributed by atoms with Gasteiger partial charge in [0.15, 0.2) is 11.6 Å². The van der Waals surface area contributed by atoms with Crippen molar-refractivity contribution in [2.45, 2.75) is 32.4 Å². The van der Waals surface area contributed by atoms with Gasteiger partial charge in [-0.2, -0.15) is 0 Å². The van der Waals surface area contributed by atoms with Gasteiger partial charge in [-0.05, 0) is 38.4 Å². The molecule has 2 N–H and O–H groups in total. The molecule has 0 aromatic heterocycles. The summed E-state index contributed by atoms with van der Waals surface area (Å²) >= 11 is 0. The molecule has 1 aromatic rings. The van der Waals surface area contributed by atoms with Crippen LogP contribution in [-0.2, 0) is 0 Å². The normalized spacial score (nSPS) is 29.2. The summed E-state index contributed by atoms with van der Waals surface area (Å²) < 4.78 is 13.3. The van der Waals surface area contributed by atoms with Gasteiger partial charge >= 0.3 is 0 Å². The van der Waals surface area contributed by atoms with E-state index in [1.54, 1.807) is 6.07 Å². The summed E-state index contributed by atoms with van der Waals surface area (Å²) in [4.78, 5) is 2.35. The van der Waals surface area contributed by atoms with Gasteiger partial charge in [0.05, 0.1) is 0 Å². The van der Waals surface area contributed by atoms with Crippen LogP contribution >= 0.6 is 0 Å². The average molecular weight is 252 g/mol. The van der Waals surface area contributed by atoms with E-state index in [0.29, 0.717) is 18.0 Å². The number of halogens is 1. The number of rotatable bonds is 2. The van der Waals surface area contributed by atoms with E-state index in [1.165, 1.54) is 12.1 Å². The Hall–Kier alpha value is -1.29. The number of hydrogen-bond acceptors (Lipinski definition) is 3. The number of aromatic hydroxyl groups is 1. The van der Waals surface area contributed by atoms with Crippen molar-refractivity contribution >= 4 is 5.69 Å². The molecule has 1 fully saturated rings. The fourth-order valence-corrected chi connectivity index (χ4v) is 2.55. The summed E-state index contributed by atoms with van der Waals surface area (Å²) in [5, 5.41) is 12.5. The molecule has 1 aliphatic heterocycles. The summed E-state index contributed by atoms with van der Waals surface area (Å²) in [5.74, 6) is -0.359. The summed E-state index contributed by atoms with van der Waals surface area (Å²) in [5.41, 5.74) is 0.735. The minimum Gasteiger partial charge on any atom is -0.505 e. The van der Waals surface area contributed by atoms with Crippen LogP contribution in [0, 0.1) is 11.7 Å². The zero-order valence-electron chi connectivity index (χ0n) is 11.2. The monoisotopic (exact) mass is 252 g/mol. The first-order chi connectivity index (χ1) is 8.47. The number of likely N-dealkylation sites (tertiary alicyclic amines) is 1. The third-order valence-electron chi connectivity index (χ3n) is 3.91. The van der Waals surface area contributed by atoms with Crippen molar-refractivity contribution in [3.05, 3.63) is 24.0 Å². The second-order valence-corrected chi connectivity index (χ2v) is 5.42. The maximum atomic E-state index is 13.3. The number of phenols is 1. The van der Waals surface area contributed by atoms with Crippen molar-refractivity contribution in [1.82, 2.24) is 4.90 Å². The molecule has 3 unspecified atom stereocenters. The fourth-order valence-electron chi connectivity index (χ4n) is 2.55. The van der Waals surface area contributed by atoms with Crippen LogP contribution in [0.4, 0.5) is 10.1 Å². The molecule has 3 atom stereocenters. The molecule has 0 spiro atoms. The van der Waals surface area contributed by atoms with Gasteiger partial charge < -0.3 is 15.3 Å². The average Bonchev–Trinajstić information content (AvgIpc) is 2.31. The van der Waals surface area contributed by atoms with Crippen LogP contribution in [0.25, 0.3) is 0 Å². The van der Waals surface area contributed by atoms with E-state index < -0.39 is 5.82 Å². The van der Waals surface area contributed by atoms with Crippen molar-refractivity contribution < 1.29 is 9.50 Å². The molecule has 1 aliphatic rings. The van der Waals surface area contributed by atoms with E-state index in [0.717, 1.165) is 18.7 Å². The molecule has 2 rings (SSSR count). The number of phenolic OH excluding ortho intramolecular Hbond substituents is 1. The van der Waals surface area contributed by atoms with Gasteiger partial charge in [0, 0.05) is 30.4 Å². The molecule has 0 radical (unpaired) electrons. The third-order valence-corrected chi connectivity index (χ3v) is 3.91. The van der Waals surface area contributed by atoms with E-state index in [9.17, 15) is 4.39 Å². The lowest BCUT2D eigenvalue weighted by atomic mass is 9.89. The molecule has 4 heteroatoms. The SMILES string of the molecule is CC1CN(C)C(C)CC1Nc1ccc(O)c(F)c1. The van der Waals surface area contributed by atoms with Crippen LogP contribution in [0.15, 0.2) is 18.2 Å². The van der Waals surface area contributed by atoms with Crippen LogP contribution in [-0.4, -0.2) is 35.7 Å².